The van der Waals surface area contributed by atoms with Gasteiger partial charge in [-0.2, -0.15) is 0 Å². The molecule has 0 aliphatic rings. The fourth-order valence-electron chi connectivity index (χ4n) is 2.51. The summed E-state index contributed by atoms with van der Waals surface area (Å²) in [6.45, 7) is 7.21. The highest BCUT2D eigenvalue weighted by Gasteiger charge is 2.08. The Kier molecular flexibility index (Phi) is 6.74. The molecule has 1 rings (SSSR count). The van der Waals surface area contributed by atoms with E-state index in [0.717, 1.165) is 0 Å². The van der Waals surface area contributed by atoms with Crippen LogP contribution in [-0.2, 0) is 6.54 Å². The Morgan fingerprint density at radius 2 is 2.00 bits per heavy atom. The van der Waals surface area contributed by atoms with Crippen LogP contribution in [0.3, 0.4) is 0 Å². The van der Waals surface area contributed by atoms with E-state index < -0.39 is 0 Å². The Labute approximate surface area is 112 Å². The van der Waals surface area contributed by atoms with Crippen LogP contribution < -0.4 is 5.73 Å². The topological polar surface area (TPSA) is 26.0 Å². The van der Waals surface area contributed by atoms with Crippen LogP contribution in [0, 0.1) is 6.92 Å². The number of aryl methyl sites for hydroxylation is 1. The van der Waals surface area contributed by atoms with Gasteiger partial charge in [0, 0.05) is 6.54 Å². The van der Waals surface area contributed by atoms with Crippen LogP contribution in [0.25, 0.3) is 5.57 Å². The van der Waals surface area contributed by atoms with Crippen molar-refractivity contribution in [1.29, 1.82) is 0 Å². The van der Waals surface area contributed by atoms with Crippen molar-refractivity contribution in [3.8, 4) is 0 Å². The predicted octanol–water partition coefficient (Wildman–Crippen LogP) is 4.83. The maximum Gasteiger partial charge on any atom is 0.0184 e. The molecule has 0 amide bonds. The summed E-state index contributed by atoms with van der Waals surface area (Å²) < 4.78 is 0. The molecule has 0 unspecified atom stereocenters. The summed E-state index contributed by atoms with van der Waals surface area (Å²) in [6.07, 6.45) is 8.68. The number of nitrogens with two attached hydrogens (primary N) is 1. The predicted molar refractivity (Wildman–Crippen MR) is 81.5 cm³/mol. The first kappa shape index (κ1) is 15.0. The normalized spacial score (nSPS) is 11.9. The van der Waals surface area contributed by atoms with Gasteiger partial charge in [-0.15, -0.1) is 0 Å². The molecule has 0 atom stereocenters. The van der Waals surface area contributed by atoms with E-state index in [1.165, 1.54) is 54.4 Å². The minimum absolute atomic E-state index is 0.628. The number of rotatable bonds is 7. The van der Waals surface area contributed by atoms with Gasteiger partial charge in [0.05, 0.1) is 0 Å². The minimum Gasteiger partial charge on any atom is -0.326 e. The van der Waals surface area contributed by atoms with Gasteiger partial charge in [-0.25, -0.2) is 0 Å². The van der Waals surface area contributed by atoms with Gasteiger partial charge in [-0.3, -0.25) is 0 Å². The summed E-state index contributed by atoms with van der Waals surface area (Å²) in [5.41, 5.74) is 11.3. The van der Waals surface area contributed by atoms with Crippen molar-refractivity contribution in [3.05, 3.63) is 41.0 Å². The second-order valence-corrected chi connectivity index (χ2v) is 4.94. The minimum atomic E-state index is 0.628. The molecule has 0 radical (unpaired) electrons. The monoisotopic (exact) mass is 245 g/mol. The Balaban J connectivity index is 2.82. The van der Waals surface area contributed by atoms with Crippen molar-refractivity contribution in [3.63, 3.8) is 0 Å². The quantitative estimate of drug-likeness (QED) is 0.684. The summed E-state index contributed by atoms with van der Waals surface area (Å²) >= 11 is 0. The maximum atomic E-state index is 5.86. The van der Waals surface area contributed by atoms with E-state index in [2.05, 4.69) is 45.0 Å². The lowest BCUT2D eigenvalue weighted by Crippen LogP contribution is -2.03. The highest BCUT2D eigenvalue weighted by atomic mass is 14.5. The van der Waals surface area contributed by atoms with E-state index in [1.807, 2.05) is 0 Å². The zero-order valence-corrected chi connectivity index (χ0v) is 12.1. The van der Waals surface area contributed by atoms with Gasteiger partial charge in [0.1, 0.15) is 0 Å². The van der Waals surface area contributed by atoms with Crippen molar-refractivity contribution in [2.75, 3.05) is 0 Å². The van der Waals surface area contributed by atoms with E-state index >= 15 is 0 Å². The highest BCUT2D eigenvalue weighted by Crippen LogP contribution is 2.27. The molecule has 0 bridgehead atoms. The zero-order valence-electron chi connectivity index (χ0n) is 12.1. The molecule has 1 heteroatoms. The molecule has 2 N–H and O–H groups in total. The van der Waals surface area contributed by atoms with Gasteiger partial charge in [-0.1, -0.05) is 50.5 Å². The van der Waals surface area contributed by atoms with Crippen LogP contribution in [-0.4, -0.2) is 0 Å². The van der Waals surface area contributed by atoms with E-state index in [1.54, 1.807) is 0 Å². The molecule has 0 saturated heterocycles. The molecule has 0 aliphatic carbocycles. The lowest BCUT2D eigenvalue weighted by Gasteiger charge is -2.15. The van der Waals surface area contributed by atoms with Gasteiger partial charge in [0.15, 0.2) is 0 Å². The molecular weight excluding hydrogens is 218 g/mol. The summed E-state index contributed by atoms with van der Waals surface area (Å²) in [5, 5.41) is 0. The van der Waals surface area contributed by atoms with Crippen LogP contribution in [0.15, 0.2) is 24.3 Å². The molecule has 1 aromatic rings. The van der Waals surface area contributed by atoms with Crippen molar-refractivity contribution in [2.24, 2.45) is 5.73 Å². The number of hydrogen-bond acceptors (Lipinski definition) is 1. The average molecular weight is 245 g/mol. The lowest BCUT2D eigenvalue weighted by molar-refractivity contribution is 0.678. The number of benzene rings is 1. The second-order valence-electron chi connectivity index (χ2n) is 4.94. The van der Waals surface area contributed by atoms with Gasteiger partial charge in [0.2, 0.25) is 0 Å². The molecule has 1 aromatic carbocycles. The van der Waals surface area contributed by atoms with E-state index in [4.69, 9.17) is 5.73 Å². The number of unbranched alkanes of at least 4 members (excludes halogenated alkanes) is 3. The Morgan fingerprint density at radius 3 is 2.61 bits per heavy atom. The summed E-state index contributed by atoms with van der Waals surface area (Å²) in [5.74, 6) is 0. The largest absolute Gasteiger partial charge is 0.326 e. The first-order valence-corrected chi connectivity index (χ1v) is 7.18. The second kappa shape index (κ2) is 8.10. The molecule has 0 saturated carbocycles. The zero-order chi connectivity index (χ0) is 13.4. The first-order chi connectivity index (χ1) is 8.74. The molecule has 0 spiro atoms. The summed E-state index contributed by atoms with van der Waals surface area (Å²) in [4.78, 5) is 0. The van der Waals surface area contributed by atoms with E-state index in [0.29, 0.717) is 6.54 Å². The third-order valence-corrected chi connectivity index (χ3v) is 3.55. The lowest BCUT2D eigenvalue weighted by atomic mass is 9.91. The van der Waals surface area contributed by atoms with Crippen LogP contribution in [0.1, 0.15) is 62.6 Å². The van der Waals surface area contributed by atoms with Crippen molar-refractivity contribution in [1.82, 2.24) is 0 Å². The molecule has 1 nitrogen and oxygen atoms in total. The SMILES string of the molecule is C/C=C(/CCCCCC)c1c(C)cccc1CN. The van der Waals surface area contributed by atoms with Crippen LogP contribution >= 0.6 is 0 Å². The van der Waals surface area contributed by atoms with Gasteiger partial charge < -0.3 is 5.73 Å². The molecule has 0 aromatic heterocycles. The third-order valence-electron chi connectivity index (χ3n) is 3.55. The highest BCUT2D eigenvalue weighted by molar-refractivity contribution is 5.70. The van der Waals surface area contributed by atoms with E-state index in [9.17, 15) is 0 Å². The number of allylic oxidation sites excluding steroid dienone is 2. The smallest absolute Gasteiger partial charge is 0.0184 e. The third kappa shape index (κ3) is 3.99. The van der Waals surface area contributed by atoms with Gasteiger partial charge in [-0.05, 0) is 49.0 Å². The molecule has 0 aliphatic heterocycles. The fraction of sp³-hybridized carbons (Fsp3) is 0.529. The number of hydrogen-bond donors (Lipinski definition) is 1. The first-order valence-electron chi connectivity index (χ1n) is 7.18. The fourth-order valence-corrected chi connectivity index (χ4v) is 2.51. The molecular formula is C17H27N. The average Bonchev–Trinajstić information content (AvgIpc) is 2.39. The van der Waals surface area contributed by atoms with Crippen molar-refractivity contribution in [2.45, 2.75) is 59.4 Å². The van der Waals surface area contributed by atoms with E-state index in [-0.39, 0.29) is 0 Å². The summed E-state index contributed by atoms with van der Waals surface area (Å²) in [6, 6.07) is 6.44. The Hall–Kier alpha value is -1.08. The Bertz CT molecular complexity index is 391. The maximum absolute atomic E-state index is 5.86. The molecule has 0 heterocycles. The Morgan fingerprint density at radius 1 is 1.22 bits per heavy atom. The van der Waals surface area contributed by atoms with Crippen LogP contribution in [0.2, 0.25) is 0 Å². The standard InChI is InChI=1S/C17H27N/c1-4-6-7-8-11-15(5-2)17-14(3)10-9-12-16(17)13-18/h5,9-10,12H,4,6-8,11,13,18H2,1-3H3/b15-5-. The van der Waals surface area contributed by atoms with Crippen molar-refractivity contribution < 1.29 is 0 Å². The molecule has 0 fully saturated rings. The van der Waals surface area contributed by atoms with Crippen LogP contribution in [0.5, 0.6) is 0 Å². The van der Waals surface area contributed by atoms with Crippen molar-refractivity contribution >= 4 is 5.57 Å². The van der Waals surface area contributed by atoms with Crippen LogP contribution in [0.4, 0.5) is 0 Å². The molecule has 100 valence electrons. The molecule has 18 heavy (non-hydrogen) atoms. The van der Waals surface area contributed by atoms with Gasteiger partial charge >= 0.3 is 0 Å². The van der Waals surface area contributed by atoms with Gasteiger partial charge in [0.25, 0.3) is 0 Å². The summed E-state index contributed by atoms with van der Waals surface area (Å²) in [7, 11) is 0.